The van der Waals surface area contributed by atoms with Gasteiger partial charge >= 0.3 is 6.09 Å². The van der Waals surface area contributed by atoms with Crippen molar-refractivity contribution >= 4 is 33.2 Å². The Hall–Kier alpha value is -2.21. The van der Waals surface area contributed by atoms with Gasteiger partial charge in [0.2, 0.25) is 5.91 Å². The summed E-state index contributed by atoms with van der Waals surface area (Å²) in [5.74, 6) is 0.241. The Morgan fingerprint density at radius 2 is 1.93 bits per heavy atom. The number of ether oxygens (including phenoxy) is 1. The number of nitrogens with zero attached hydrogens (tertiary/aromatic N) is 3. The zero-order valence-electron chi connectivity index (χ0n) is 24.7. The Morgan fingerprint density at radius 1 is 1.12 bits per heavy atom. The number of sulfone groups is 1. The van der Waals surface area contributed by atoms with E-state index < -0.39 is 9.84 Å². The normalized spacial score (nSPS) is 26.9. The summed E-state index contributed by atoms with van der Waals surface area (Å²) in [4.78, 5) is 29.5. The molecule has 0 saturated carbocycles. The fourth-order valence-electron chi connectivity index (χ4n) is 6.39. The van der Waals surface area contributed by atoms with Crippen LogP contribution in [0.15, 0.2) is 18.2 Å². The molecule has 0 aliphatic carbocycles. The lowest BCUT2D eigenvalue weighted by Gasteiger charge is -2.41. The number of unbranched alkanes of at least 4 members (excludes halogenated alkanes) is 3. The van der Waals surface area contributed by atoms with E-state index >= 15 is 0 Å². The van der Waals surface area contributed by atoms with Gasteiger partial charge in [0.15, 0.2) is 9.84 Å². The van der Waals surface area contributed by atoms with Crippen molar-refractivity contribution in [2.45, 2.75) is 77.4 Å². The highest BCUT2D eigenvalue weighted by Crippen LogP contribution is 2.39. The van der Waals surface area contributed by atoms with Gasteiger partial charge in [0.25, 0.3) is 0 Å². The maximum atomic E-state index is 13.4. The van der Waals surface area contributed by atoms with Crippen molar-refractivity contribution in [2.24, 2.45) is 0 Å². The molecule has 2 N–H and O–H groups in total. The zero-order chi connectivity index (χ0) is 28.9. The van der Waals surface area contributed by atoms with Gasteiger partial charge in [-0.3, -0.25) is 9.69 Å². The molecule has 10 nitrogen and oxygen atoms in total. The molecule has 2 saturated heterocycles. The van der Waals surface area contributed by atoms with Crippen LogP contribution in [0.5, 0.6) is 0 Å². The molecule has 0 radical (unpaired) electrons. The van der Waals surface area contributed by atoms with Crippen LogP contribution in [-0.2, 0) is 19.4 Å². The molecular formula is C29H48N5O5S+. The number of hydrogen-bond acceptors (Lipinski definition) is 7. The van der Waals surface area contributed by atoms with Gasteiger partial charge in [0.1, 0.15) is 24.9 Å². The van der Waals surface area contributed by atoms with Crippen molar-refractivity contribution < 1.29 is 27.3 Å². The van der Waals surface area contributed by atoms with Gasteiger partial charge in [0.05, 0.1) is 36.4 Å². The minimum atomic E-state index is -3.08. The van der Waals surface area contributed by atoms with Crippen molar-refractivity contribution in [3.63, 3.8) is 0 Å². The smallest absolute Gasteiger partial charge is 0.414 e. The maximum Gasteiger partial charge on any atom is 0.414 e. The van der Waals surface area contributed by atoms with Crippen molar-refractivity contribution in [1.82, 2.24) is 10.7 Å². The largest absolute Gasteiger partial charge is 0.444 e. The molecule has 1 aromatic carbocycles. The number of quaternary nitrogens is 1. The standard InChI is InChI=1S/C29H48N5O5S/c1-5-6-7-8-14-34(15-16-40(4,37)38)21-25(18-31-34)24-11-12-27-28(17-24)32(20-22(2)33(27)23(3)35)29(36)39-26-10-9-13-30-19-26/h11-12,17,22,25-26,30-31H,5-10,13-16,18-21H2,1-4H3/q+1. The predicted octanol–water partition coefficient (Wildman–Crippen LogP) is 3.18. The summed E-state index contributed by atoms with van der Waals surface area (Å²) >= 11 is 0. The van der Waals surface area contributed by atoms with Crippen molar-refractivity contribution in [3.05, 3.63) is 23.8 Å². The van der Waals surface area contributed by atoms with Gasteiger partial charge in [0, 0.05) is 26.3 Å². The topological polar surface area (TPSA) is 108 Å². The number of rotatable bonds is 10. The number of benzene rings is 1. The summed E-state index contributed by atoms with van der Waals surface area (Å²) in [6.07, 6.45) is 7.09. The molecule has 11 heteroatoms. The molecule has 1 aromatic rings. The SMILES string of the molecule is CCCCCC[N+]1(CCS(C)(=O)=O)CC(c2ccc3c(c2)N(C(=O)OC2CCCNC2)CC(C)N3C(C)=O)CN1. The van der Waals surface area contributed by atoms with Gasteiger partial charge < -0.3 is 15.0 Å². The summed E-state index contributed by atoms with van der Waals surface area (Å²) < 4.78 is 30.6. The lowest BCUT2D eigenvalue weighted by atomic mass is 9.96. The molecule has 4 atom stereocenters. The Balaban J connectivity index is 1.59. The third-order valence-corrected chi connectivity index (χ3v) is 9.48. The number of amides is 2. The number of piperidine rings is 1. The van der Waals surface area contributed by atoms with Crippen LogP contribution in [0.25, 0.3) is 0 Å². The molecule has 2 amide bonds. The van der Waals surface area contributed by atoms with E-state index in [4.69, 9.17) is 4.74 Å². The molecule has 40 heavy (non-hydrogen) atoms. The third kappa shape index (κ3) is 7.54. The van der Waals surface area contributed by atoms with Crippen molar-refractivity contribution in [2.75, 3.05) is 67.6 Å². The van der Waals surface area contributed by atoms with Gasteiger partial charge in [-0.2, -0.15) is 5.43 Å². The van der Waals surface area contributed by atoms with Gasteiger partial charge in [-0.15, -0.1) is 0 Å². The van der Waals surface area contributed by atoms with E-state index in [0.29, 0.717) is 29.9 Å². The van der Waals surface area contributed by atoms with Crippen LogP contribution in [-0.4, -0.2) is 95.0 Å². The van der Waals surface area contributed by atoms with Crippen LogP contribution in [0.4, 0.5) is 16.2 Å². The number of nitrogens with one attached hydrogen (secondary N) is 2. The Kier molecular flexibility index (Phi) is 10.1. The second-order valence-electron chi connectivity index (χ2n) is 12.0. The first-order chi connectivity index (χ1) is 19.0. The predicted molar refractivity (Wildman–Crippen MR) is 158 cm³/mol. The highest BCUT2D eigenvalue weighted by atomic mass is 32.2. The second kappa shape index (κ2) is 13.2. The second-order valence-corrected chi connectivity index (χ2v) is 14.2. The molecule has 0 spiro atoms. The highest BCUT2D eigenvalue weighted by molar-refractivity contribution is 7.90. The highest BCUT2D eigenvalue weighted by Gasteiger charge is 2.41. The van der Waals surface area contributed by atoms with Crippen LogP contribution in [0.2, 0.25) is 0 Å². The minimum absolute atomic E-state index is 0.0583. The molecule has 2 fully saturated rings. The van der Waals surface area contributed by atoms with Crippen LogP contribution < -0.4 is 20.5 Å². The fraction of sp³-hybridized carbons (Fsp3) is 0.724. The lowest BCUT2D eigenvalue weighted by Crippen LogP contribution is -2.56. The molecule has 4 rings (SSSR count). The van der Waals surface area contributed by atoms with E-state index in [1.165, 1.54) is 12.7 Å². The number of fused-ring (bicyclic) bond motifs is 1. The summed E-state index contributed by atoms with van der Waals surface area (Å²) in [6, 6.07) is 5.87. The minimum Gasteiger partial charge on any atom is -0.444 e. The molecule has 3 aliphatic heterocycles. The summed E-state index contributed by atoms with van der Waals surface area (Å²) in [5, 5.41) is 3.29. The molecule has 3 heterocycles. The van der Waals surface area contributed by atoms with Crippen LogP contribution in [0, 0.1) is 0 Å². The van der Waals surface area contributed by atoms with E-state index in [1.54, 1.807) is 16.7 Å². The summed E-state index contributed by atoms with van der Waals surface area (Å²) in [7, 11) is -3.08. The Labute approximate surface area is 239 Å². The van der Waals surface area contributed by atoms with Crippen molar-refractivity contribution in [3.8, 4) is 0 Å². The number of hydrogen-bond donors (Lipinski definition) is 2. The van der Waals surface area contributed by atoms with Crippen LogP contribution in [0.3, 0.4) is 0 Å². The van der Waals surface area contributed by atoms with E-state index in [-0.39, 0.29) is 35.8 Å². The Bertz CT molecular complexity index is 1160. The van der Waals surface area contributed by atoms with E-state index in [2.05, 4.69) is 23.7 Å². The first kappa shape index (κ1) is 30.7. The third-order valence-electron chi connectivity index (χ3n) is 8.56. The number of anilines is 2. The maximum absolute atomic E-state index is 13.4. The fourth-order valence-corrected chi connectivity index (χ4v) is 7.07. The van der Waals surface area contributed by atoms with Crippen LogP contribution in [0.1, 0.15) is 70.8 Å². The number of carbonyl (C=O) groups excluding carboxylic acids is 2. The first-order valence-electron chi connectivity index (χ1n) is 14.9. The first-order valence-corrected chi connectivity index (χ1v) is 17.0. The zero-order valence-corrected chi connectivity index (χ0v) is 25.5. The van der Waals surface area contributed by atoms with E-state index in [1.807, 2.05) is 19.1 Å². The summed E-state index contributed by atoms with van der Waals surface area (Å²) in [6.45, 7) is 10.6. The van der Waals surface area contributed by atoms with Gasteiger partial charge in [-0.25, -0.2) is 17.8 Å². The Morgan fingerprint density at radius 3 is 2.60 bits per heavy atom. The molecule has 0 bridgehead atoms. The monoisotopic (exact) mass is 578 g/mol. The quantitative estimate of drug-likeness (QED) is 0.324. The molecule has 4 unspecified atom stereocenters. The van der Waals surface area contributed by atoms with E-state index in [9.17, 15) is 18.0 Å². The van der Waals surface area contributed by atoms with Crippen molar-refractivity contribution in [1.29, 1.82) is 0 Å². The summed E-state index contributed by atoms with van der Waals surface area (Å²) in [5.41, 5.74) is 6.16. The average molecular weight is 579 g/mol. The molecular weight excluding hydrogens is 530 g/mol. The van der Waals surface area contributed by atoms with Gasteiger partial charge in [-0.1, -0.05) is 25.8 Å². The average Bonchev–Trinajstić information content (AvgIpc) is 3.34. The van der Waals surface area contributed by atoms with E-state index in [0.717, 1.165) is 69.5 Å². The van der Waals surface area contributed by atoms with Crippen LogP contribution >= 0.6 is 0 Å². The number of carbonyl (C=O) groups is 2. The molecule has 224 valence electrons. The lowest BCUT2D eigenvalue weighted by molar-refractivity contribution is -0.956. The van der Waals surface area contributed by atoms with Gasteiger partial charge in [-0.05, 0) is 56.8 Å². The molecule has 3 aliphatic rings. The molecule has 0 aromatic heterocycles.